The molecule has 0 aromatic heterocycles. The molecule has 16 heavy (non-hydrogen) atoms. The zero-order valence-corrected chi connectivity index (χ0v) is 8.54. The summed E-state index contributed by atoms with van der Waals surface area (Å²) in [6.45, 7) is 1.86. The first-order valence-corrected chi connectivity index (χ1v) is 4.54. The average molecular weight is 228 g/mol. The molecule has 0 heterocycles. The van der Waals surface area contributed by atoms with Crippen molar-refractivity contribution in [3.05, 3.63) is 35.4 Å². The molecule has 0 aliphatic carbocycles. The largest absolute Gasteiger partial charge is 0.449 e. The van der Waals surface area contributed by atoms with Gasteiger partial charge in [0.2, 0.25) is 0 Å². The van der Waals surface area contributed by atoms with Crippen LogP contribution in [0.2, 0.25) is 0 Å². The molecule has 1 aromatic rings. The second-order valence-electron chi connectivity index (χ2n) is 2.76. The maximum absolute atomic E-state index is 13.0. The van der Waals surface area contributed by atoms with Crippen LogP contribution in [-0.4, -0.2) is 18.9 Å². The smallest absolute Gasteiger partial charge is 0.427 e. The first kappa shape index (κ1) is 12.1. The lowest BCUT2D eigenvalue weighted by molar-refractivity contribution is 0.152. The van der Waals surface area contributed by atoms with Gasteiger partial charge in [-0.15, -0.1) is 0 Å². The predicted octanol–water partition coefficient (Wildman–Crippen LogP) is 2.04. The molecular weight excluding hydrogens is 218 g/mol. The van der Waals surface area contributed by atoms with Crippen molar-refractivity contribution < 1.29 is 18.3 Å². The van der Waals surface area contributed by atoms with E-state index in [1.807, 2.05) is 5.43 Å². The van der Waals surface area contributed by atoms with Gasteiger partial charge in [0.15, 0.2) is 0 Å². The summed E-state index contributed by atoms with van der Waals surface area (Å²) in [5.41, 5.74) is 2.09. The number of nitrogens with zero attached hydrogens (tertiary/aromatic N) is 1. The fourth-order valence-electron chi connectivity index (χ4n) is 0.924. The molecule has 1 rings (SSSR count). The number of benzene rings is 1. The number of hydrazone groups is 1. The third-order valence-corrected chi connectivity index (χ3v) is 1.60. The van der Waals surface area contributed by atoms with E-state index in [9.17, 15) is 13.6 Å². The summed E-state index contributed by atoms with van der Waals surface area (Å²) in [6.07, 6.45) is 0.326. The van der Waals surface area contributed by atoms with Crippen LogP contribution in [0.4, 0.5) is 13.6 Å². The molecule has 86 valence electrons. The van der Waals surface area contributed by atoms with E-state index >= 15 is 0 Å². The molecule has 0 radical (unpaired) electrons. The minimum Gasteiger partial charge on any atom is -0.449 e. The van der Waals surface area contributed by atoms with E-state index in [4.69, 9.17) is 0 Å². The Morgan fingerprint density at radius 3 is 2.94 bits per heavy atom. The third-order valence-electron chi connectivity index (χ3n) is 1.60. The van der Waals surface area contributed by atoms with E-state index in [2.05, 4.69) is 9.84 Å². The number of carbonyl (C=O) groups excluding carboxylic acids is 1. The summed E-state index contributed by atoms with van der Waals surface area (Å²) >= 11 is 0. The zero-order chi connectivity index (χ0) is 12.0. The summed E-state index contributed by atoms with van der Waals surface area (Å²) in [5.74, 6) is -1.43. The molecule has 0 aliphatic heterocycles. The van der Waals surface area contributed by atoms with Gasteiger partial charge in [-0.1, -0.05) is 0 Å². The van der Waals surface area contributed by atoms with Gasteiger partial charge in [0, 0.05) is 11.6 Å². The van der Waals surface area contributed by atoms with Crippen LogP contribution in [-0.2, 0) is 4.74 Å². The molecule has 1 amide bonds. The lowest BCUT2D eigenvalue weighted by atomic mass is 10.2. The van der Waals surface area contributed by atoms with Crippen molar-refractivity contribution in [1.29, 1.82) is 0 Å². The van der Waals surface area contributed by atoms with Crippen molar-refractivity contribution in [3.8, 4) is 0 Å². The summed E-state index contributed by atoms with van der Waals surface area (Å²) in [7, 11) is 0. The summed E-state index contributed by atoms with van der Waals surface area (Å²) in [6, 6.07) is 3.03. The highest BCUT2D eigenvalue weighted by Crippen LogP contribution is 2.06. The fourth-order valence-corrected chi connectivity index (χ4v) is 0.924. The minimum atomic E-state index is -0.755. The highest BCUT2D eigenvalue weighted by Gasteiger charge is 2.01. The summed E-state index contributed by atoms with van der Waals surface area (Å²) in [5, 5.41) is 3.44. The molecule has 0 saturated carbocycles. The lowest BCUT2D eigenvalue weighted by Gasteiger charge is -1.99. The number of amides is 1. The molecule has 0 bridgehead atoms. The van der Waals surface area contributed by atoms with Gasteiger partial charge in [-0.05, 0) is 19.1 Å². The van der Waals surface area contributed by atoms with E-state index in [1.54, 1.807) is 6.92 Å². The quantitative estimate of drug-likeness (QED) is 0.635. The maximum atomic E-state index is 13.0. The van der Waals surface area contributed by atoms with E-state index in [0.717, 1.165) is 18.3 Å². The number of halogens is 2. The summed E-state index contributed by atoms with van der Waals surface area (Å²) < 4.78 is 30.1. The Balaban J connectivity index is 2.59. The third kappa shape index (κ3) is 3.64. The van der Waals surface area contributed by atoms with Crippen molar-refractivity contribution >= 4 is 12.3 Å². The van der Waals surface area contributed by atoms with Crippen molar-refractivity contribution in [2.45, 2.75) is 6.92 Å². The first-order chi connectivity index (χ1) is 7.63. The van der Waals surface area contributed by atoms with E-state index < -0.39 is 17.7 Å². The summed E-state index contributed by atoms with van der Waals surface area (Å²) in [4.78, 5) is 10.8. The number of hydrogen-bond donors (Lipinski definition) is 1. The Bertz CT molecular complexity index is 408. The molecule has 0 fully saturated rings. The monoisotopic (exact) mass is 228 g/mol. The van der Waals surface area contributed by atoms with Gasteiger partial charge in [-0.3, -0.25) is 0 Å². The van der Waals surface area contributed by atoms with Crippen LogP contribution in [0.1, 0.15) is 12.5 Å². The van der Waals surface area contributed by atoms with Crippen molar-refractivity contribution in [2.24, 2.45) is 5.10 Å². The van der Waals surface area contributed by atoms with Gasteiger partial charge >= 0.3 is 6.09 Å². The van der Waals surface area contributed by atoms with Gasteiger partial charge in [0.05, 0.1) is 12.8 Å². The molecular formula is C10H10F2N2O2. The molecule has 0 saturated heterocycles. The number of rotatable bonds is 3. The second-order valence-corrected chi connectivity index (χ2v) is 2.76. The molecule has 6 heteroatoms. The maximum Gasteiger partial charge on any atom is 0.427 e. The van der Waals surface area contributed by atoms with Crippen LogP contribution in [0.5, 0.6) is 0 Å². The van der Waals surface area contributed by atoms with Gasteiger partial charge in [0.1, 0.15) is 11.6 Å². The Kier molecular flexibility index (Phi) is 4.38. The number of hydrogen-bond acceptors (Lipinski definition) is 3. The first-order valence-electron chi connectivity index (χ1n) is 4.54. The van der Waals surface area contributed by atoms with Gasteiger partial charge < -0.3 is 4.74 Å². The van der Waals surface area contributed by atoms with Crippen LogP contribution in [0, 0.1) is 11.6 Å². The van der Waals surface area contributed by atoms with Crippen LogP contribution < -0.4 is 5.43 Å². The number of ether oxygens (including phenoxy) is 1. The Labute approximate surface area is 90.9 Å². The Morgan fingerprint density at radius 1 is 1.56 bits per heavy atom. The molecule has 0 aliphatic rings. The van der Waals surface area contributed by atoms with Crippen LogP contribution in [0.25, 0.3) is 0 Å². The van der Waals surface area contributed by atoms with Crippen LogP contribution in [0.3, 0.4) is 0 Å². The SMILES string of the molecule is CCOC(=O)N/N=C\c1ccc(F)cc1F. The number of nitrogens with one attached hydrogen (secondary N) is 1. The average Bonchev–Trinajstić information content (AvgIpc) is 2.22. The van der Waals surface area contributed by atoms with E-state index in [0.29, 0.717) is 0 Å². The molecule has 1 N–H and O–H groups in total. The van der Waals surface area contributed by atoms with Crippen molar-refractivity contribution in [2.75, 3.05) is 6.61 Å². The van der Waals surface area contributed by atoms with E-state index in [-0.39, 0.29) is 12.2 Å². The Hall–Kier alpha value is -1.98. The van der Waals surface area contributed by atoms with Crippen LogP contribution in [0.15, 0.2) is 23.3 Å². The lowest BCUT2D eigenvalue weighted by Crippen LogP contribution is -2.18. The highest BCUT2D eigenvalue weighted by molar-refractivity contribution is 5.81. The highest BCUT2D eigenvalue weighted by atomic mass is 19.1. The van der Waals surface area contributed by atoms with Gasteiger partial charge in [-0.25, -0.2) is 19.0 Å². The van der Waals surface area contributed by atoms with Crippen molar-refractivity contribution in [1.82, 2.24) is 5.43 Å². The molecule has 0 unspecified atom stereocenters. The Morgan fingerprint density at radius 2 is 2.31 bits per heavy atom. The molecule has 1 aromatic carbocycles. The molecule has 4 nitrogen and oxygen atoms in total. The van der Waals surface area contributed by atoms with Crippen molar-refractivity contribution in [3.63, 3.8) is 0 Å². The standard InChI is InChI=1S/C10H10F2N2O2/c1-2-16-10(15)14-13-6-7-3-4-8(11)5-9(7)12/h3-6H,2H2,1H3,(H,14,15)/b13-6-. The van der Waals surface area contributed by atoms with E-state index in [1.165, 1.54) is 6.07 Å². The number of carbonyl (C=O) groups is 1. The van der Waals surface area contributed by atoms with Gasteiger partial charge in [0.25, 0.3) is 0 Å². The fraction of sp³-hybridized carbons (Fsp3) is 0.200. The minimum absolute atomic E-state index is 0.0678. The van der Waals surface area contributed by atoms with Crippen LogP contribution >= 0.6 is 0 Å². The normalized spacial score (nSPS) is 10.4. The molecule has 0 atom stereocenters. The zero-order valence-electron chi connectivity index (χ0n) is 8.54. The predicted molar refractivity (Wildman–Crippen MR) is 54.1 cm³/mol. The second kappa shape index (κ2) is 5.79. The topological polar surface area (TPSA) is 50.7 Å². The molecule has 0 spiro atoms. The van der Waals surface area contributed by atoms with Gasteiger partial charge in [-0.2, -0.15) is 5.10 Å².